The Bertz CT molecular complexity index is 1190. The third kappa shape index (κ3) is 6.60. The number of methoxy groups -OCH3 is 1. The third-order valence-electron chi connectivity index (χ3n) is 5.52. The Balaban J connectivity index is 0.00000324. The van der Waals surface area contributed by atoms with E-state index < -0.39 is 0 Å². The first-order chi connectivity index (χ1) is 16.3. The molecule has 7 heteroatoms. The number of benzene rings is 3. The van der Waals surface area contributed by atoms with E-state index in [-0.39, 0.29) is 24.0 Å². The Kier molecular flexibility index (Phi) is 9.51. The fourth-order valence-electron chi connectivity index (χ4n) is 3.76. The lowest BCUT2D eigenvalue weighted by molar-refractivity contribution is 0.409. The molecule has 0 aliphatic rings. The van der Waals surface area contributed by atoms with Gasteiger partial charge in [-0.2, -0.15) is 0 Å². The molecule has 0 aliphatic heterocycles. The van der Waals surface area contributed by atoms with Gasteiger partial charge in [0.15, 0.2) is 5.96 Å². The third-order valence-corrected chi connectivity index (χ3v) is 5.52. The summed E-state index contributed by atoms with van der Waals surface area (Å²) in [5, 5.41) is 6.80. The number of halogens is 1. The minimum Gasteiger partial charge on any atom is -0.496 e. The fourth-order valence-corrected chi connectivity index (χ4v) is 3.76. The molecule has 0 aliphatic carbocycles. The van der Waals surface area contributed by atoms with Crippen molar-refractivity contribution in [1.29, 1.82) is 0 Å². The summed E-state index contributed by atoms with van der Waals surface area (Å²) < 4.78 is 7.50. The number of nitrogens with one attached hydrogen (secondary N) is 2. The van der Waals surface area contributed by atoms with Gasteiger partial charge in [0, 0.05) is 44.6 Å². The summed E-state index contributed by atoms with van der Waals surface area (Å²) in [4.78, 5) is 8.48. The number of para-hydroxylation sites is 1. The standard InChI is InChI=1S/C27H29N5O.HI/c1-28-27(31-18-24-8-4-6-10-26(24)33-2)30-17-23-7-3-5-9-25(23)22-13-11-21(12-14-22)19-32-16-15-29-20-32;/h3-16,20H,17-19H2,1-2H3,(H2,28,30,31);1H. The molecule has 1 aromatic heterocycles. The molecule has 2 N–H and O–H groups in total. The van der Waals surface area contributed by atoms with E-state index in [4.69, 9.17) is 4.74 Å². The lowest BCUT2D eigenvalue weighted by Crippen LogP contribution is -2.36. The molecule has 0 atom stereocenters. The van der Waals surface area contributed by atoms with Crippen LogP contribution in [0.5, 0.6) is 5.75 Å². The fraction of sp³-hybridized carbons (Fsp3) is 0.185. The summed E-state index contributed by atoms with van der Waals surface area (Å²) in [6.07, 6.45) is 5.62. The predicted molar refractivity (Wildman–Crippen MR) is 149 cm³/mol. The second-order valence-electron chi connectivity index (χ2n) is 7.68. The lowest BCUT2D eigenvalue weighted by atomic mass is 9.98. The van der Waals surface area contributed by atoms with Crippen LogP contribution in [0.2, 0.25) is 0 Å². The lowest BCUT2D eigenvalue weighted by Gasteiger charge is -2.16. The van der Waals surface area contributed by atoms with Crippen molar-refractivity contribution in [2.24, 2.45) is 4.99 Å². The van der Waals surface area contributed by atoms with Gasteiger partial charge >= 0.3 is 0 Å². The summed E-state index contributed by atoms with van der Waals surface area (Å²) in [5.74, 6) is 1.61. The van der Waals surface area contributed by atoms with Crippen LogP contribution in [0.25, 0.3) is 11.1 Å². The minimum absolute atomic E-state index is 0. The van der Waals surface area contributed by atoms with Gasteiger partial charge in [0.1, 0.15) is 5.75 Å². The van der Waals surface area contributed by atoms with Gasteiger partial charge in [-0.25, -0.2) is 4.98 Å². The molecule has 0 bridgehead atoms. The number of hydrogen-bond acceptors (Lipinski definition) is 3. The van der Waals surface area contributed by atoms with Crippen LogP contribution in [0.4, 0.5) is 0 Å². The number of hydrogen-bond donors (Lipinski definition) is 2. The maximum absolute atomic E-state index is 5.44. The van der Waals surface area contributed by atoms with E-state index in [2.05, 4.69) is 73.7 Å². The summed E-state index contributed by atoms with van der Waals surface area (Å²) >= 11 is 0. The van der Waals surface area contributed by atoms with E-state index in [1.165, 1.54) is 22.3 Å². The SMILES string of the molecule is CN=C(NCc1ccccc1OC)NCc1ccccc1-c1ccc(Cn2ccnc2)cc1.I. The summed E-state index contributed by atoms with van der Waals surface area (Å²) in [5.41, 5.74) is 5.94. The Hall–Kier alpha value is -3.33. The quantitative estimate of drug-likeness (QED) is 0.177. The maximum atomic E-state index is 5.44. The van der Waals surface area contributed by atoms with Crippen LogP contribution < -0.4 is 15.4 Å². The molecular weight excluding hydrogens is 537 g/mol. The molecule has 4 rings (SSSR count). The topological polar surface area (TPSA) is 63.5 Å². The number of aliphatic imine (C=N–C) groups is 1. The van der Waals surface area contributed by atoms with E-state index in [1.54, 1.807) is 20.4 Å². The first-order valence-electron chi connectivity index (χ1n) is 11.0. The summed E-state index contributed by atoms with van der Waals surface area (Å²) in [7, 11) is 3.47. The van der Waals surface area contributed by atoms with E-state index in [9.17, 15) is 0 Å². The first kappa shape index (κ1) is 25.3. The highest BCUT2D eigenvalue weighted by Crippen LogP contribution is 2.24. The number of nitrogens with zero attached hydrogens (tertiary/aromatic N) is 3. The smallest absolute Gasteiger partial charge is 0.191 e. The number of ether oxygens (including phenoxy) is 1. The van der Waals surface area contributed by atoms with Crippen LogP contribution in [0.1, 0.15) is 16.7 Å². The van der Waals surface area contributed by atoms with Crippen LogP contribution in [0.3, 0.4) is 0 Å². The average Bonchev–Trinajstić information content (AvgIpc) is 3.38. The van der Waals surface area contributed by atoms with Gasteiger partial charge in [0.2, 0.25) is 0 Å². The summed E-state index contributed by atoms with van der Waals surface area (Å²) in [6, 6.07) is 25.1. The molecular formula is C27H30IN5O. The van der Waals surface area contributed by atoms with Gasteiger partial charge in [0.05, 0.1) is 13.4 Å². The van der Waals surface area contributed by atoms with Crippen LogP contribution >= 0.6 is 24.0 Å². The van der Waals surface area contributed by atoms with Gasteiger partial charge in [-0.3, -0.25) is 4.99 Å². The summed E-state index contributed by atoms with van der Waals surface area (Å²) in [6.45, 7) is 2.11. The molecule has 0 unspecified atom stereocenters. The Morgan fingerprint density at radius 2 is 1.59 bits per heavy atom. The van der Waals surface area contributed by atoms with Crippen LogP contribution in [-0.4, -0.2) is 29.7 Å². The average molecular weight is 567 g/mol. The van der Waals surface area contributed by atoms with Crippen LogP contribution in [-0.2, 0) is 19.6 Å². The molecule has 0 spiro atoms. The van der Waals surface area contributed by atoms with Crippen molar-refractivity contribution in [2.75, 3.05) is 14.2 Å². The Labute approximate surface area is 218 Å². The molecule has 0 saturated carbocycles. The molecule has 3 aromatic carbocycles. The molecule has 34 heavy (non-hydrogen) atoms. The van der Waals surface area contributed by atoms with E-state index in [0.29, 0.717) is 13.1 Å². The van der Waals surface area contributed by atoms with E-state index >= 15 is 0 Å². The van der Waals surface area contributed by atoms with E-state index in [0.717, 1.165) is 23.8 Å². The number of aromatic nitrogens is 2. The van der Waals surface area contributed by atoms with Crippen LogP contribution in [0.15, 0.2) is 96.5 Å². The highest BCUT2D eigenvalue weighted by molar-refractivity contribution is 14.0. The zero-order chi connectivity index (χ0) is 22.9. The Morgan fingerprint density at radius 1 is 0.912 bits per heavy atom. The van der Waals surface area contributed by atoms with Crippen molar-refractivity contribution in [1.82, 2.24) is 20.2 Å². The van der Waals surface area contributed by atoms with Gasteiger partial charge in [-0.05, 0) is 28.3 Å². The molecule has 176 valence electrons. The molecule has 0 fully saturated rings. The normalized spacial score (nSPS) is 10.9. The highest BCUT2D eigenvalue weighted by atomic mass is 127. The maximum Gasteiger partial charge on any atom is 0.191 e. The van der Waals surface area contributed by atoms with Gasteiger partial charge in [-0.1, -0.05) is 66.7 Å². The zero-order valence-corrected chi connectivity index (χ0v) is 21.8. The molecule has 1 heterocycles. The van der Waals surface area contributed by atoms with Crippen molar-refractivity contribution < 1.29 is 4.74 Å². The van der Waals surface area contributed by atoms with Crippen LogP contribution in [0, 0.1) is 0 Å². The van der Waals surface area contributed by atoms with Gasteiger partial charge in [-0.15, -0.1) is 24.0 Å². The van der Waals surface area contributed by atoms with Gasteiger partial charge in [0.25, 0.3) is 0 Å². The monoisotopic (exact) mass is 567 g/mol. The number of imidazole rings is 1. The van der Waals surface area contributed by atoms with Crippen molar-refractivity contribution in [2.45, 2.75) is 19.6 Å². The molecule has 0 saturated heterocycles. The zero-order valence-electron chi connectivity index (χ0n) is 19.4. The number of rotatable bonds is 8. The molecule has 6 nitrogen and oxygen atoms in total. The molecule has 4 aromatic rings. The van der Waals surface area contributed by atoms with Crippen molar-refractivity contribution in [3.8, 4) is 16.9 Å². The number of guanidine groups is 1. The molecule has 0 radical (unpaired) electrons. The second-order valence-corrected chi connectivity index (χ2v) is 7.68. The molecule has 0 amide bonds. The van der Waals surface area contributed by atoms with Gasteiger partial charge < -0.3 is 19.9 Å². The highest BCUT2D eigenvalue weighted by Gasteiger charge is 2.07. The van der Waals surface area contributed by atoms with Crippen molar-refractivity contribution >= 4 is 29.9 Å². The van der Waals surface area contributed by atoms with Crippen molar-refractivity contribution in [3.63, 3.8) is 0 Å². The minimum atomic E-state index is 0. The Morgan fingerprint density at radius 3 is 2.26 bits per heavy atom. The second kappa shape index (κ2) is 12.8. The first-order valence-corrected chi connectivity index (χ1v) is 11.0. The largest absolute Gasteiger partial charge is 0.496 e. The van der Waals surface area contributed by atoms with Crippen molar-refractivity contribution in [3.05, 3.63) is 108 Å². The van der Waals surface area contributed by atoms with E-state index in [1.807, 2.05) is 36.8 Å². The predicted octanol–water partition coefficient (Wildman–Crippen LogP) is 5.09.